The van der Waals surface area contributed by atoms with Gasteiger partial charge in [0.2, 0.25) is 6.29 Å². The fraction of sp³-hybridized carbons (Fsp3) is 0.882. The van der Waals surface area contributed by atoms with Crippen LogP contribution in [0.5, 0.6) is 0 Å². The summed E-state index contributed by atoms with van der Waals surface area (Å²) in [6, 6.07) is 0. The number of allylic oxidation sites excluding steroid dienone is 4. The maximum absolute atomic E-state index is 12.7. The van der Waals surface area contributed by atoms with Crippen LogP contribution in [0.15, 0.2) is 22.9 Å². The van der Waals surface area contributed by atoms with Crippen molar-refractivity contribution in [2.24, 2.45) is 23.7 Å². The summed E-state index contributed by atoms with van der Waals surface area (Å²) in [5, 5.41) is 25.5. The molecule has 0 aromatic rings. The molecule has 0 bridgehead atoms. The molecule has 8 nitrogen and oxygen atoms in total. The molecule has 4 saturated carbocycles. The van der Waals surface area contributed by atoms with Crippen LogP contribution < -0.4 is 0 Å². The minimum absolute atomic E-state index is 0.0220. The summed E-state index contributed by atoms with van der Waals surface area (Å²) in [4.78, 5) is 25.1. The zero-order valence-electron chi connectivity index (χ0n) is 26.2. The molecule has 238 valence electrons. The van der Waals surface area contributed by atoms with E-state index < -0.39 is 6.29 Å². The lowest BCUT2D eigenvalue weighted by Gasteiger charge is -2.33. The fourth-order valence-electron chi connectivity index (χ4n) is 8.08. The third-order valence-electron chi connectivity index (χ3n) is 10.4. The standard InChI is InChI=1S/C34H56N2O6/c1-2-3-8-25-30(41-33(28-21-13-6-14-22-28)31(35(37)38)26-17-9-4-10-18-26)42-34(29-23-15-7-16-24-29)32(36(39)40)27-19-11-5-12-20-27/h26-30H,2-25H2,1H3. The first kappa shape index (κ1) is 32.8. The van der Waals surface area contributed by atoms with Crippen molar-refractivity contribution < 1.29 is 19.3 Å². The van der Waals surface area contributed by atoms with Crippen LogP contribution in [-0.4, -0.2) is 16.1 Å². The molecule has 0 unspecified atom stereocenters. The van der Waals surface area contributed by atoms with Gasteiger partial charge in [-0.2, -0.15) is 0 Å². The molecule has 0 aromatic heterocycles. The molecule has 4 aliphatic rings. The highest BCUT2D eigenvalue weighted by molar-refractivity contribution is 5.12. The summed E-state index contributed by atoms with van der Waals surface area (Å²) in [5.41, 5.74) is 0.548. The molecule has 0 saturated heterocycles. The summed E-state index contributed by atoms with van der Waals surface area (Å²) in [6.07, 6.45) is 22.5. The van der Waals surface area contributed by atoms with Crippen LogP contribution in [0.3, 0.4) is 0 Å². The van der Waals surface area contributed by atoms with Crippen molar-refractivity contribution in [2.75, 3.05) is 0 Å². The van der Waals surface area contributed by atoms with E-state index in [1.54, 1.807) is 0 Å². The molecular weight excluding hydrogens is 532 g/mol. The molecular formula is C34H56N2O6. The zero-order chi connectivity index (χ0) is 29.7. The first-order valence-electron chi connectivity index (χ1n) is 17.6. The summed E-state index contributed by atoms with van der Waals surface area (Å²) in [5.74, 6) is 0.939. The van der Waals surface area contributed by atoms with Crippen LogP contribution in [0.25, 0.3) is 0 Å². The molecule has 0 aliphatic heterocycles. The molecule has 42 heavy (non-hydrogen) atoms. The minimum atomic E-state index is -0.734. The lowest BCUT2D eigenvalue weighted by molar-refractivity contribution is -0.441. The van der Waals surface area contributed by atoms with Crippen molar-refractivity contribution in [2.45, 2.75) is 167 Å². The van der Waals surface area contributed by atoms with E-state index >= 15 is 0 Å². The average Bonchev–Trinajstić information content (AvgIpc) is 3.02. The van der Waals surface area contributed by atoms with Gasteiger partial charge in [0.15, 0.2) is 11.5 Å². The number of unbranched alkanes of at least 4 members (excludes halogenated alkanes) is 2. The smallest absolute Gasteiger partial charge is 0.286 e. The van der Waals surface area contributed by atoms with E-state index in [2.05, 4.69) is 6.92 Å². The zero-order valence-corrected chi connectivity index (χ0v) is 26.2. The van der Waals surface area contributed by atoms with Crippen LogP contribution in [0.4, 0.5) is 0 Å². The van der Waals surface area contributed by atoms with Crippen LogP contribution in [0, 0.1) is 43.9 Å². The highest BCUT2D eigenvalue weighted by Crippen LogP contribution is 2.42. The second-order valence-corrected chi connectivity index (χ2v) is 13.5. The van der Waals surface area contributed by atoms with Crippen molar-refractivity contribution in [3.63, 3.8) is 0 Å². The van der Waals surface area contributed by atoms with E-state index in [9.17, 15) is 20.2 Å². The van der Waals surface area contributed by atoms with Crippen LogP contribution >= 0.6 is 0 Å². The number of rotatable bonds is 14. The maximum Gasteiger partial charge on any atom is 0.286 e. The van der Waals surface area contributed by atoms with Gasteiger partial charge in [-0.15, -0.1) is 0 Å². The van der Waals surface area contributed by atoms with Crippen molar-refractivity contribution in [1.29, 1.82) is 0 Å². The summed E-state index contributed by atoms with van der Waals surface area (Å²) < 4.78 is 13.6. The number of nitro groups is 2. The Morgan fingerprint density at radius 2 is 0.905 bits per heavy atom. The number of ether oxygens (including phenoxy) is 2. The van der Waals surface area contributed by atoms with Crippen LogP contribution in [-0.2, 0) is 9.47 Å². The molecule has 0 heterocycles. The van der Waals surface area contributed by atoms with Crippen molar-refractivity contribution in [3.05, 3.63) is 43.1 Å². The molecule has 8 heteroatoms. The Kier molecular flexibility index (Phi) is 13.5. The van der Waals surface area contributed by atoms with Gasteiger partial charge in [0.1, 0.15) is 0 Å². The molecule has 4 aliphatic carbocycles. The van der Waals surface area contributed by atoms with Gasteiger partial charge < -0.3 is 9.47 Å². The molecule has 4 fully saturated rings. The SMILES string of the molecule is CCCCCC(OC(=C(C1CCCCC1)[N+](=O)[O-])C1CCCCC1)OC(=C(C1CCCCC1)[N+](=O)[O-])C1CCCCC1. The average molecular weight is 589 g/mol. The largest absolute Gasteiger partial charge is 0.452 e. The van der Waals surface area contributed by atoms with Gasteiger partial charge in [-0.1, -0.05) is 96.8 Å². The van der Waals surface area contributed by atoms with Crippen molar-refractivity contribution in [1.82, 2.24) is 0 Å². The third kappa shape index (κ3) is 9.19. The van der Waals surface area contributed by atoms with Crippen LogP contribution in [0.1, 0.15) is 161 Å². The van der Waals surface area contributed by atoms with Gasteiger partial charge in [-0.05, 0) is 57.8 Å². The Bertz CT molecular complexity index is 852. The quantitative estimate of drug-likeness (QED) is 0.0657. The molecule has 0 radical (unpaired) electrons. The maximum atomic E-state index is 12.7. The van der Waals surface area contributed by atoms with Crippen molar-refractivity contribution >= 4 is 0 Å². The Morgan fingerprint density at radius 1 is 0.571 bits per heavy atom. The molecule has 0 N–H and O–H groups in total. The lowest BCUT2D eigenvalue weighted by atomic mass is 9.81. The summed E-state index contributed by atoms with van der Waals surface area (Å²) in [7, 11) is 0. The predicted octanol–water partition coefficient (Wildman–Crippen LogP) is 10.2. The van der Waals surface area contributed by atoms with Gasteiger partial charge in [0, 0.05) is 18.3 Å². The van der Waals surface area contributed by atoms with Gasteiger partial charge in [0.05, 0.1) is 21.7 Å². The van der Waals surface area contributed by atoms with Gasteiger partial charge in [0.25, 0.3) is 11.4 Å². The monoisotopic (exact) mass is 588 g/mol. The first-order chi connectivity index (χ1) is 20.5. The third-order valence-corrected chi connectivity index (χ3v) is 10.4. The summed E-state index contributed by atoms with van der Waals surface area (Å²) >= 11 is 0. The molecule has 0 amide bonds. The lowest BCUT2D eigenvalue weighted by Crippen LogP contribution is -2.30. The second-order valence-electron chi connectivity index (χ2n) is 13.5. The number of nitrogens with zero attached hydrogens (tertiary/aromatic N) is 2. The van der Waals surface area contributed by atoms with Gasteiger partial charge >= 0.3 is 0 Å². The number of hydrogen-bond acceptors (Lipinski definition) is 6. The Labute approximate surface area is 253 Å². The van der Waals surface area contributed by atoms with E-state index in [4.69, 9.17) is 9.47 Å². The summed E-state index contributed by atoms with van der Waals surface area (Å²) in [6.45, 7) is 2.15. The minimum Gasteiger partial charge on any atom is -0.452 e. The molecule has 0 aromatic carbocycles. The second kappa shape index (κ2) is 17.2. The molecule has 4 rings (SSSR count). The highest BCUT2D eigenvalue weighted by atomic mass is 16.7. The normalized spacial score (nSPS) is 23.9. The van der Waals surface area contributed by atoms with Gasteiger partial charge in [-0.25, -0.2) is 0 Å². The van der Waals surface area contributed by atoms with E-state index in [-0.39, 0.29) is 44.9 Å². The molecule has 0 spiro atoms. The van der Waals surface area contributed by atoms with E-state index in [1.807, 2.05) is 0 Å². The Hall–Kier alpha value is -2.12. The highest BCUT2D eigenvalue weighted by Gasteiger charge is 2.40. The van der Waals surface area contributed by atoms with Crippen LogP contribution in [0.2, 0.25) is 0 Å². The Morgan fingerprint density at radius 3 is 1.21 bits per heavy atom. The topological polar surface area (TPSA) is 105 Å². The number of hydrogen-bond donors (Lipinski definition) is 0. The van der Waals surface area contributed by atoms with Crippen molar-refractivity contribution in [3.8, 4) is 0 Å². The Balaban J connectivity index is 1.74. The first-order valence-corrected chi connectivity index (χ1v) is 17.6. The van der Waals surface area contributed by atoms with E-state index in [0.717, 1.165) is 148 Å². The predicted molar refractivity (Wildman–Crippen MR) is 164 cm³/mol. The molecule has 0 atom stereocenters. The van der Waals surface area contributed by atoms with Gasteiger partial charge in [-0.3, -0.25) is 20.2 Å². The van der Waals surface area contributed by atoms with E-state index in [1.165, 1.54) is 0 Å². The fourth-order valence-corrected chi connectivity index (χ4v) is 8.08. The van der Waals surface area contributed by atoms with E-state index in [0.29, 0.717) is 17.9 Å².